The minimum absolute atomic E-state index is 0.224. The van der Waals surface area contributed by atoms with Gasteiger partial charge in [0, 0.05) is 11.3 Å². The van der Waals surface area contributed by atoms with E-state index in [0.717, 1.165) is 28.2 Å². The highest BCUT2D eigenvalue weighted by Gasteiger charge is 2.28. The van der Waals surface area contributed by atoms with E-state index in [1.54, 1.807) is 4.68 Å². The molecular weight excluding hydrogens is 314 g/mol. The highest BCUT2D eigenvalue weighted by molar-refractivity contribution is 5.83. The van der Waals surface area contributed by atoms with Crippen molar-refractivity contribution in [3.8, 4) is 11.3 Å². The lowest BCUT2D eigenvalue weighted by Gasteiger charge is -2.28. The van der Waals surface area contributed by atoms with E-state index >= 15 is 0 Å². The number of aromatic nitrogens is 3. The molecule has 0 aliphatic carbocycles. The summed E-state index contributed by atoms with van der Waals surface area (Å²) in [7, 11) is 0. The molecule has 0 bridgehead atoms. The molecule has 0 saturated carbocycles. The Balaban J connectivity index is 1.77. The van der Waals surface area contributed by atoms with Crippen molar-refractivity contribution in [2.24, 2.45) is 0 Å². The molecule has 1 aliphatic rings. The first-order chi connectivity index (χ1) is 12.2. The number of carbonyl (C=O) groups excluding carboxylic acids is 1. The molecule has 2 aromatic carbocycles. The summed E-state index contributed by atoms with van der Waals surface area (Å²) in [5, 5.41) is 14.3. The van der Waals surface area contributed by atoms with Crippen molar-refractivity contribution in [2.75, 3.05) is 0 Å². The first-order valence-electron chi connectivity index (χ1n) is 8.04. The highest BCUT2D eigenvalue weighted by atomic mass is 16.2. The van der Waals surface area contributed by atoms with Gasteiger partial charge in [0.25, 0.3) is 0 Å². The number of nitrogens with zero attached hydrogens (tertiary/aromatic N) is 3. The Kier molecular flexibility index (Phi) is 3.78. The molecule has 1 unspecified atom stereocenters. The van der Waals surface area contributed by atoms with Gasteiger partial charge in [-0.05, 0) is 12.5 Å². The fraction of sp³-hybridized carbons (Fsp3) is 0.105. The number of rotatable bonds is 3. The largest absolute Gasteiger partial charge is 0.325 e. The molecule has 0 radical (unpaired) electrons. The van der Waals surface area contributed by atoms with E-state index in [9.17, 15) is 4.79 Å². The number of allylic oxidation sites excluding steroid dienone is 1. The van der Waals surface area contributed by atoms with Gasteiger partial charge in [-0.25, -0.2) is 9.48 Å². The Morgan fingerprint density at radius 2 is 1.68 bits per heavy atom. The maximum atomic E-state index is 12.0. The average Bonchev–Trinajstić information content (AvgIpc) is 3.12. The second-order valence-electron chi connectivity index (χ2n) is 5.87. The Hall–Kier alpha value is -3.41. The lowest BCUT2D eigenvalue weighted by atomic mass is 10.0. The molecule has 0 saturated heterocycles. The van der Waals surface area contributed by atoms with Crippen LogP contribution >= 0.6 is 0 Å². The van der Waals surface area contributed by atoms with Crippen LogP contribution in [-0.2, 0) is 0 Å². The van der Waals surface area contributed by atoms with Crippen LogP contribution in [-0.4, -0.2) is 21.0 Å². The van der Waals surface area contributed by atoms with Gasteiger partial charge >= 0.3 is 6.03 Å². The lowest BCUT2D eigenvalue weighted by Crippen LogP contribution is -2.44. The van der Waals surface area contributed by atoms with Gasteiger partial charge < -0.3 is 10.6 Å². The van der Waals surface area contributed by atoms with Crippen molar-refractivity contribution in [3.63, 3.8) is 0 Å². The number of nitrogens with one attached hydrogen (secondary N) is 2. The summed E-state index contributed by atoms with van der Waals surface area (Å²) >= 11 is 0. The molecule has 1 aromatic heterocycles. The molecule has 1 atom stereocenters. The number of hydrogen-bond donors (Lipinski definition) is 2. The molecule has 2 N–H and O–H groups in total. The van der Waals surface area contributed by atoms with Crippen LogP contribution in [0.4, 0.5) is 4.79 Å². The van der Waals surface area contributed by atoms with Crippen molar-refractivity contribution in [3.05, 3.63) is 78.1 Å². The van der Waals surface area contributed by atoms with E-state index in [4.69, 9.17) is 0 Å². The van der Waals surface area contributed by atoms with Crippen molar-refractivity contribution in [1.29, 1.82) is 0 Å². The van der Waals surface area contributed by atoms with Gasteiger partial charge in [0.1, 0.15) is 11.7 Å². The third-order valence-corrected chi connectivity index (χ3v) is 4.18. The van der Waals surface area contributed by atoms with Gasteiger partial charge in [-0.3, -0.25) is 0 Å². The maximum Gasteiger partial charge on any atom is 0.319 e. The van der Waals surface area contributed by atoms with Crippen LogP contribution in [0, 0.1) is 0 Å². The van der Waals surface area contributed by atoms with Gasteiger partial charge in [0.15, 0.2) is 0 Å². The zero-order valence-electron chi connectivity index (χ0n) is 13.7. The van der Waals surface area contributed by atoms with E-state index in [1.807, 2.05) is 73.8 Å². The summed E-state index contributed by atoms with van der Waals surface area (Å²) in [5.74, 6) is 0. The van der Waals surface area contributed by atoms with E-state index in [1.165, 1.54) is 0 Å². The molecule has 0 fully saturated rings. The SMILES string of the molecule is CC1=C(n2cc(-c3ccccc3)nn2)C(c2ccccc2)NC(=O)N1. The van der Waals surface area contributed by atoms with E-state index in [-0.39, 0.29) is 12.1 Å². The molecule has 1 aliphatic heterocycles. The lowest BCUT2D eigenvalue weighted by molar-refractivity contribution is 0.239. The smallest absolute Gasteiger partial charge is 0.319 e. The van der Waals surface area contributed by atoms with Crippen LogP contribution in [0.3, 0.4) is 0 Å². The molecule has 124 valence electrons. The standard InChI is InChI=1S/C19H17N5O/c1-13-18(17(21-19(25)20-13)15-10-6-3-7-11-15)24-12-16(22-23-24)14-8-4-2-5-9-14/h2-12,17H,1H3,(H2,20,21,25). The Labute approximate surface area is 145 Å². The topological polar surface area (TPSA) is 71.8 Å². The predicted molar refractivity (Wildman–Crippen MR) is 95.2 cm³/mol. The van der Waals surface area contributed by atoms with Crippen LogP contribution in [0.5, 0.6) is 0 Å². The molecule has 0 spiro atoms. The van der Waals surface area contributed by atoms with Crippen LogP contribution in [0.1, 0.15) is 18.5 Å². The van der Waals surface area contributed by atoms with E-state index < -0.39 is 0 Å². The Bertz CT molecular complexity index is 931. The third kappa shape index (κ3) is 2.89. The zero-order chi connectivity index (χ0) is 17.2. The molecule has 6 heteroatoms. The van der Waals surface area contributed by atoms with Crippen molar-refractivity contribution in [2.45, 2.75) is 13.0 Å². The molecule has 2 amide bonds. The number of benzene rings is 2. The summed E-state index contributed by atoms with van der Waals surface area (Å²) in [5.41, 5.74) is 4.37. The summed E-state index contributed by atoms with van der Waals surface area (Å²) in [6.07, 6.45) is 1.88. The summed E-state index contributed by atoms with van der Waals surface area (Å²) < 4.78 is 1.72. The molecule has 6 nitrogen and oxygen atoms in total. The first kappa shape index (κ1) is 15.1. The third-order valence-electron chi connectivity index (χ3n) is 4.18. The van der Waals surface area contributed by atoms with Crippen molar-refractivity contribution in [1.82, 2.24) is 25.6 Å². The summed E-state index contributed by atoms with van der Waals surface area (Å²) in [4.78, 5) is 12.0. The maximum absolute atomic E-state index is 12.0. The van der Waals surface area contributed by atoms with Crippen LogP contribution in [0.2, 0.25) is 0 Å². The van der Waals surface area contributed by atoms with Gasteiger partial charge in [-0.15, -0.1) is 5.10 Å². The van der Waals surface area contributed by atoms with Gasteiger partial charge in [0.05, 0.1) is 11.9 Å². The Morgan fingerprint density at radius 3 is 2.40 bits per heavy atom. The molecular formula is C19H17N5O. The fourth-order valence-corrected chi connectivity index (χ4v) is 3.00. The zero-order valence-corrected chi connectivity index (χ0v) is 13.7. The van der Waals surface area contributed by atoms with Crippen molar-refractivity contribution < 1.29 is 4.79 Å². The van der Waals surface area contributed by atoms with Crippen LogP contribution in [0.15, 0.2) is 72.6 Å². The predicted octanol–water partition coefficient (Wildman–Crippen LogP) is 3.19. The number of urea groups is 1. The van der Waals surface area contributed by atoms with Gasteiger partial charge in [0.2, 0.25) is 0 Å². The van der Waals surface area contributed by atoms with E-state index in [0.29, 0.717) is 0 Å². The van der Waals surface area contributed by atoms with Crippen LogP contribution in [0.25, 0.3) is 17.0 Å². The monoisotopic (exact) mass is 331 g/mol. The van der Waals surface area contributed by atoms with Gasteiger partial charge in [-0.2, -0.15) is 0 Å². The molecule has 2 heterocycles. The molecule has 4 rings (SSSR count). The second kappa shape index (κ2) is 6.24. The molecule has 25 heavy (non-hydrogen) atoms. The minimum Gasteiger partial charge on any atom is -0.325 e. The minimum atomic E-state index is -0.291. The quantitative estimate of drug-likeness (QED) is 0.774. The number of hydrogen-bond acceptors (Lipinski definition) is 3. The van der Waals surface area contributed by atoms with Crippen LogP contribution < -0.4 is 10.6 Å². The molecule has 3 aromatic rings. The van der Waals surface area contributed by atoms with E-state index in [2.05, 4.69) is 20.9 Å². The van der Waals surface area contributed by atoms with Crippen molar-refractivity contribution >= 4 is 11.7 Å². The first-order valence-corrected chi connectivity index (χ1v) is 8.04. The normalized spacial score (nSPS) is 17.2. The summed E-state index contributed by atoms with van der Waals surface area (Å²) in [6, 6.07) is 19.2. The van der Waals surface area contributed by atoms with Gasteiger partial charge in [-0.1, -0.05) is 65.9 Å². The number of carbonyl (C=O) groups is 1. The highest BCUT2D eigenvalue weighted by Crippen LogP contribution is 2.30. The summed E-state index contributed by atoms with van der Waals surface area (Å²) in [6.45, 7) is 1.87. The Morgan fingerprint density at radius 1 is 1.00 bits per heavy atom. The number of amides is 2. The fourth-order valence-electron chi connectivity index (χ4n) is 3.00. The second-order valence-corrected chi connectivity index (χ2v) is 5.87. The average molecular weight is 331 g/mol.